The zero-order valence-electron chi connectivity index (χ0n) is 69.7. The molecule has 752 valence electrons. The van der Waals surface area contributed by atoms with Crippen LogP contribution < -0.4 is 26.6 Å². The maximum atomic E-state index is 13.3. The normalized spacial score (nSPS) is 47.6. The van der Waals surface area contributed by atoms with Crippen LogP contribution in [0.1, 0.15) is 27.7 Å². The number of carbonyl (C=O) groups excluding carboxylic acids is 5. The second-order valence-electron chi connectivity index (χ2n) is 32.4. The van der Waals surface area contributed by atoms with Crippen molar-refractivity contribution in [2.45, 2.75) is 341 Å². The molecule has 0 radical (unpaired) electrons. The fraction of sp³-hybridized carbons (Fsp3) is 0.931. The van der Waals surface area contributed by atoms with Gasteiger partial charge in [0.1, 0.15) is 244 Å². The lowest BCUT2D eigenvalue weighted by molar-refractivity contribution is -0.392. The Morgan fingerprint density at radius 2 is 0.492 bits per heavy atom. The molecule has 33 N–H and O–H groups in total. The fourth-order valence-corrected chi connectivity index (χ4v) is 16.6. The van der Waals surface area contributed by atoms with Gasteiger partial charge >= 0.3 is 0 Å². The zero-order valence-corrected chi connectivity index (χ0v) is 69.7. The maximum Gasteiger partial charge on any atom is 0.217 e. The number of rotatable bonds is 38. The van der Waals surface area contributed by atoms with Crippen LogP contribution in [0.25, 0.3) is 0 Å². The topological polar surface area (TPSA) is 897 Å². The molecule has 10 heterocycles. The molecule has 10 aliphatic heterocycles. The van der Waals surface area contributed by atoms with E-state index in [2.05, 4.69) is 26.6 Å². The number of ether oxygens (including phenoxy) is 20. The smallest absolute Gasteiger partial charge is 0.217 e. The summed E-state index contributed by atoms with van der Waals surface area (Å²) in [5.74, 6) is -3.82. The van der Waals surface area contributed by atoms with Crippen molar-refractivity contribution < 1.29 is 262 Å². The monoisotopic (exact) mass is 1900 g/mol. The average Bonchev–Trinajstić information content (AvgIpc) is 0.765. The summed E-state index contributed by atoms with van der Waals surface area (Å²) >= 11 is 0. The van der Waals surface area contributed by atoms with E-state index in [0.29, 0.717) is 0 Å². The zero-order chi connectivity index (χ0) is 95.6. The predicted molar refractivity (Wildman–Crippen MR) is 400 cm³/mol. The van der Waals surface area contributed by atoms with Crippen molar-refractivity contribution >= 4 is 30.0 Å². The molecule has 5 amide bonds. The highest BCUT2D eigenvalue weighted by Gasteiger charge is 2.62. The standard InChI is InChI=1S/C72H121N5O53/c1-18(89)74-33-43(99)37(93)23(6-79)113-63(33)112-16-32-42(98)62(129-66-36(77-21(4)92)45(101)56(29(12-85)120-66)124-70-53(109)61(41(97)27(10-83)116-70)130-68-49(105)47(103)38(94)24(7-80)114-68)54(110)72(122-32)125-57-30(13-86)119-65(35(46(57)102)76-20(3)91)127-59-39(95)25(8-81)115-69(51(59)107)123-55-28(11-84)118-64(34(44(55)100)75-19(2)90)128-60-40(96)26(9-82)117-71(52(60)108)126-58-31(14-87)121-67(50(106)48(58)104)111-15-22(5-78)73-17-88/h17,22-72,78-87,93-110H,5-16H2,1-4H3,(H,73,88)(H,74,89)(H,75,90)(H,76,91)(H,77,92)/t22-,23-,24-,25-,26-,27-,28-,29-,30-,31-,32-,33-,34-,35-,36-,37-,38+,39+,40+,41+,42+,43-,44-,45-,46-,47+,48-,49-,50-,51-,52-,53-,54-,55-,56-,57-,58-,59+,60+,61+,62+,63-,64+,65+,66+,67-,68-,69+,70+,71+,72+/m1/s1. The molecule has 0 unspecified atom stereocenters. The van der Waals surface area contributed by atoms with Gasteiger partial charge in [0.25, 0.3) is 0 Å². The summed E-state index contributed by atoms with van der Waals surface area (Å²) in [5.41, 5.74) is 0. The molecule has 58 heteroatoms. The number of carbonyl (C=O) groups is 5. The highest BCUT2D eigenvalue weighted by molar-refractivity contribution is 5.74. The summed E-state index contributed by atoms with van der Waals surface area (Å²) in [4.78, 5) is 62.9. The van der Waals surface area contributed by atoms with Crippen LogP contribution in [-0.4, -0.2) is 565 Å². The van der Waals surface area contributed by atoms with E-state index < -0.39 is 416 Å². The van der Waals surface area contributed by atoms with Crippen LogP contribution in [0.2, 0.25) is 0 Å². The van der Waals surface area contributed by atoms with Crippen molar-refractivity contribution in [1.82, 2.24) is 26.6 Å². The molecule has 58 nitrogen and oxygen atoms in total. The first-order chi connectivity index (χ1) is 61.7. The molecule has 0 saturated carbocycles. The molecule has 10 aliphatic rings. The van der Waals surface area contributed by atoms with E-state index in [9.17, 15) is 167 Å². The van der Waals surface area contributed by atoms with Gasteiger partial charge in [-0.25, -0.2) is 0 Å². The van der Waals surface area contributed by atoms with Crippen LogP contribution in [0.3, 0.4) is 0 Å². The minimum atomic E-state index is -2.52. The first kappa shape index (κ1) is 107. The molecule has 10 saturated heterocycles. The van der Waals surface area contributed by atoms with Crippen molar-refractivity contribution in [3.63, 3.8) is 0 Å². The Hall–Kier alpha value is -4.57. The molecule has 130 heavy (non-hydrogen) atoms. The largest absolute Gasteiger partial charge is 0.394 e. The average molecular weight is 1900 g/mol. The summed E-state index contributed by atoms with van der Waals surface area (Å²) in [6, 6.07) is -8.76. The molecular weight excluding hydrogens is 1780 g/mol. The van der Waals surface area contributed by atoms with E-state index >= 15 is 0 Å². The minimum absolute atomic E-state index is 0.247. The quantitative estimate of drug-likeness (QED) is 0.0255. The summed E-state index contributed by atoms with van der Waals surface area (Å²) < 4.78 is 117. The molecule has 0 aromatic carbocycles. The number of nitrogens with one attached hydrogen (secondary N) is 5. The number of hydrogen-bond acceptors (Lipinski definition) is 53. The second kappa shape index (κ2) is 48.1. The lowest BCUT2D eigenvalue weighted by atomic mass is 9.93. The first-order valence-electron chi connectivity index (χ1n) is 41.4. The molecule has 0 aromatic heterocycles. The van der Waals surface area contributed by atoms with Gasteiger partial charge in [0.15, 0.2) is 62.9 Å². The number of amides is 5. The number of aliphatic hydroxyl groups is 28. The number of aliphatic hydroxyl groups excluding tert-OH is 28. The Labute approximate surface area is 736 Å². The van der Waals surface area contributed by atoms with Crippen LogP contribution in [0, 0.1) is 0 Å². The number of hydrogen-bond donors (Lipinski definition) is 33. The predicted octanol–water partition coefficient (Wildman–Crippen LogP) is -23.1. The highest BCUT2D eigenvalue weighted by atomic mass is 16.8. The van der Waals surface area contributed by atoms with E-state index in [0.717, 1.165) is 27.7 Å². The molecule has 51 atom stereocenters. The van der Waals surface area contributed by atoms with Crippen LogP contribution in [0.15, 0.2) is 0 Å². The fourth-order valence-electron chi connectivity index (χ4n) is 16.6. The lowest BCUT2D eigenvalue weighted by Crippen LogP contribution is -2.71. The summed E-state index contributed by atoms with van der Waals surface area (Å²) in [6.07, 6.45) is -95.3. The van der Waals surface area contributed by atoms with Gasteiger partial charge in [-0.3, -0.25) is 24.0 Å². The molecule has 0 aromatic rings. The van der Waals surface area contributed by atoms with Crippen molar-refractivity contribution in [1.29, 1.82) is 0 Å². The van der Waals surface area contributed by atoms with Gasteiger partial charge < -0.3 is 264 Å². The minimum Gasteiger partial charge on any atom is -0.394 e. The third-order valence-corrected chi connectivity index (χ3v) is 23.4. The van der Waals surface area contributed by atoms with Crippen LogP contribution in [0.4, 0.5) is 0 Å². The van der Waals surface area contributed by atoms with Gasteiger partial charge in [0, 0.05) is 27.7 Å². The van der Waals surface area contributed by atoms with E-state index in [1.165, 1.54) is 0 Å². The Balaban J connectivity index is 0.881. The summed E-state index contributed by atoms with van der Waals surface area (Å²) in [6.45, 7) is -8.41. The molecule has 0 bridgehead atoms. The Morgan fingerprint density at radius 3 is 0.800 bits per heavy atom. The Morgan fingerprint density at radius 1 is 0.254 bits per heavy atom. The SMILES string of the molecule is CC(=O)N[C@H]1[C@H](O[C@H]2[C@@H](O)[C@@H](CO)O[C@@H](O[C@H]3[C@H](O)[C@@H](O)[C@H](OC[C@@H](CO)NC=O)O[C@@H]3CO)[C@@H]2O)O[C@H](CO)[C@@H](O[C@@H]2O[C@H](CO)[C@H](O)[C@H](O[C@@H]3O[C@H](CO)[C@@H](O[C@@H]4O[C@H](CO[C@@H]5O[C@H](CO)[C@@H](O)[C@H](O)[C@H]5NC(C)=O)[C@H](O)[C@H](O[C@@H]5O[C@H](CO)[C@@H](O[C@@H]6O[C@H](CO)[C@H](O)[C@H](O[C@H]7O[C@H](CO)[C@H](O)[C@H](O)[C@H]7O)[C@H]6O)[C@H](O)[C@H]5NC(C)=O)[C@H]4O)[C@H](O)[C@H]3NC(C)=O)[C@H]2O)[C@@H]1O. The first-order valence-corrected chi connectivity index (χ1v) is 41.4. The van der Waals surface area contributed by atoms with E-state index in [1.54, 1.807) is 0 Å². The molecule has 10 fully saturated rings. The summed E-state index contributed by atoms with van der Waals surface area (Å²) in [7, 11) is 0. The van der Waals surface area contributed by atoms with Crippen LogP contribution in [0.5, 0.6) is 0 Å². The van der Waals surface area contributed by atoms with E-state index in [1.807, 2.05) is 0 Å². The summed E-state index contributed by atoms with van der Waals surface area (Å²) in [5, 5.41) is 324. The van der Waals surface area contributed by atoms with Gasteiger partial charge in [-0.05, 0) is 0 Å². The molecular formula is C72H121N5O53. The third-order valence-electron chi connectivity index (χ3n) is 23.4. The van der Waals surface area contributed by atoms with Crippen molar-refractivity contribution in [3.8, 4) is 0 Å². The van der Waals surface area contributed by atoms with Crippen molar-refractivity contribution in [3.05, 3.63) is 0 Å². The second-order valence-corrected chi connectivity index (χ2v) is 32.4. The van der Waals surface area contributed by atoms with Crippen LogP contribution >= 0.6 is 0 Å². The molecule has 10 rings (SSSR count). The van der Waals surface area contributed by atoms with Gasteiger partial charge in [0.05, 0.1) is 85.3 Å². The van der Waals surface area contributed by atoms with Gasteiger partial charge in [-0.15, -0.1) is 0 Å². The Kier molecular flexibility index (Phi) is 39.8. The van der Waals surface area contributed by atoms with Gasteiger partial charge in [-0.2, -0.15) is 0 Å². The van der Waals surface area contributed by atoms with Crippen LogP contribution in [-0.2, 0) is 119 Å². The third kappa shape index (κ3) is 24.2. The van der Waals surface area contributed by atoms with Crippen molar-refractivity contribution in [2.75, 3.05) is 79.3 Å². The molecule has 0 spiro atoms. The lowest BCUT2D eigenvalue weighted by Gasteiger charge is -2.51. The van der Waals surface area contributed by atoms with E-state index in [-0.39, 0.29) is 6.41 Å². The Bertz CT molecular complexity index is 3500. The maximum absolute atomic E-state index is 13.3. The highest BCUT2D eigenvalue weighted by Crippen LogP contribution is 2.41. The molecule has 0 aliphatic carbocycles. The van der Waals surface area contributed by atoms with E-state index in [4.69, 9.17) is 94.7 Å². The van der Waals surface area contributed by atoms with Gasteiger partial charge in [-0.1, -0.05) is 0 Å². The van der Waals surface area contributed by atoms with Gasteiger partial charge in [0.2, 0.25) is 30.0 Å². The van der Waals surface area contributed by atoms with Crippen molar-refractivity contribution in [2.24, 2.45) is 0 Å².